The Labute approximate surface area is 313 Å². The van der Waals surface area contributed by atoms with Gasteiger partial charge in [-0.15, -0.1) is 0 Å². The van der Waals surface area contributed by atoms with E-state index in [-0.39, 0.29) is 30.7 Å². The minimum atomic E-state index is -4.14. The van der Waals surface area contributed by atoms with Crippen molar-refractivity contribution in [2.45, 2.75) is 136 Å². The van der Waals surface area contributed by atoms with Crippen molar-refractivity contribution in [1.82, 2.24) is 20.3 Å². The number of amides is 2. The van der Waals surface area contributed by atoms with Gasteiger partial charge in [0, 0.05) is 24.9 Å². The van der Waals surface area contributed by atoms with E-state index in [1.165, 1.54) is 7.05 Å². The molecule has 53 heavy (non-hydrogen) atoms. The number of likely N-dealkylation sites (N-methyl/N-ethyl adjacent to an activating group) is 1. The van der Waals surface area contributed by atoms with Gasteiger partial charge < -0.3 is 30.0 Å². The van der Waals surface area contributed by atoms with Crippen LogP contribution in [0.4, 0.5) is 4.79 Å². The number of nitrogens with one attached hydrogen (secondary N) is 4. The SMILES string of the molecule is CN[C@@H](CCCNC(=N)NS(=O)(=O)c1c(C)c(C)c2c(c1C)CC(C)(C)O2)C(=O)N(C(=O)OC(C)(C)C)[C@@H](Cc1ccc(OC(C)(C)C)cc1)C(=O)O. The van der Waals surface area contributed by atoms with Gasteiger partial charge in [-0.2, -0.15) is 0 Å². The molecule has 0 radical (unpaired) electrons. The summed E-state index contributed by atoms with van der Waals surface area (Å²) in [5, 5.41) is 24.2. The summed E-state index contributed by atoms with van der Waals surface area (Å²) in [5.74, 6) is -1.36. The molecule has 0 saturated heterocycles. The Morgan fingerprint density at radius 3 is 2.13 bits per heavy atom. The Hall–Kier alpha value is -4.37. The lowest BCUT2D eigenvalue weighted by atomic mass is 9.94. The first-order valence-corrected chi connectivity index (χ1v) is 19.2. The van der Waals surface area contributed by atoms with Crippen molar-refractivity contribution in [1.29, 1.82) is 5.41 Å². The molecule has 2 atom stereocenters. The van der Waals surface area contributed by atoms with Crippen molar-refractivity contribution >= 4 is 34.0 Å². The molecular weight excluding hydrogens is 703 g/mol. The summed E-state index contributed by atoms with van der Waals surface area (Å²) >= 11 is 0. The molecule has 14 nitrogen and oxygen atoms in total. The van der Waals surface area contributed by atoms with Crippen LogP contribution in [0, 0.1) is 26.2 Å². The van der Waals surface area contributed by atoms with Gasteiger partial charge in [-0.1, -0.05) is 12.1 Å². The highest BCUT2D eigenvalue weighted by molar-refractivity contribution is 7.90. The van der Waals surface area contributed by atoms with Gasteiger partial charge in [0.15, 0.2) is 0 Å². The summed E-state index contributed by atoms with van der Waals surface area (Å²) in [6, 6.07) is 4.17. The number of hydrogen-bond donors (Lipinski definition) is 5. The summed E-state index contributed by atoms with van der Waals surface area (Å²) in [7, 11) is -2.63. The second-order valence-corrected chi connectivity index (χ2v) is 17.7. The Morgan fingerprint density at radius 2 is 1.60 bits per heavy atom. The molecule has 1 aliphatic rings. The topological polar surface area (TPSA) is 196 Å². The molecule has 2 aromatic rings. The van der Waals surface area contributed by atoms with Crippen molar-refractivity contribution in [3.8, 4) is 11.5 Å². The number of nitrogens with zero attached hydrogens (tertiary/aromatic N) is 1. The summed E-state index contributed by atoms with van der Waals surface area (Å²) in [6.45, 7) is 19.8. The van der Waals surface area contributed by atoms with Crippen LogP contribution in [0.2, 0.25) is 0 Å². The van der Waals surface area contributed by atoms with Crippen molar-refractivity contribution in [3.05, 3.63) is 52.1 Å². The molecule has 0 spiro atoms. The molecule has 5 N–H and O–H groups in total. The third-order valence-corrected chi connectivity index (χ3v) is 10.2. The number of imide groups is 1. The molecule has 0 aliphatic carbocycles. The average Bonchev–Trinajstić information content (AvgIpc) is 3.34. The van der Waals surface area contributed by atoms with Gasteiger partial charge in [0.25, 0.3) is 10.0 Å². The highest BCUT2D eigenvalue weighted by Crippen LogP contribution is 2.43. The monoisotopic (exact) mass is 759 g/mol. The fourth-order valence-electron chi connectivity index (χ4n) is 6.19. The molecule has 294 valence electrons. The molecule has 0 aromatic heterocycles. The number of carboxylic acids is 1. The Kier molecular flexibility index (Phi) is 13.3. The van der Waals surface area contributed by atoms with E-state index in [0.29, 0.717) is 39.5 Å². The highest BCUT2D eigenvalue weighted by Gasteiger charge is 2.41. The van der Waals surface area contributed by atoms with Crippen molar-refractivity contribution in [2.24, 2.45) is 0 Å². The van der Waals surface area contributed by atoms with Crippen LogP contribution < -0.4 is 24.8 Å². The smallest absolute Gasteiger partial charge is 0.417 e. The van der Waals surface area contributed by atoms with E-state index in [1.54, 1.807) is 58.9 Å². The number of carbonyl (C=O) groups excluding carboxylic acids is 2. The number of hydrogen-bond acceptors (Lipinski definition) is 10. The summed E-state index contributed by atoms with van der Waals surface area (Å²) in [5.41, 5.74) is 1.31. The van der Waals surface area contributed by atoms with Crippen LogP contribution in [0.15, 0.2) is 29.2 Å². The molecule has 1 heterocycles. The average molecular weight is 760 g/mol. The van der Waals surface area contributed by atoms with E-state index in [9.17, 15) is 27.9 Å². The van der Waals surface area contributed by atoms with Crippen LogP contribution in [-0.2, 0) is 37.2 Å². The van der Waals surface area contributed by atoms with E-state index in [1.807, 2.05) is 41.5 Å². The number of carboxylic acid groups (broad SMARTS) is 1. The van der Waals surface area contributed by atoms with Crippen LogP contribution in [0.1, 0.15) is 96.0 Å². The first-order valence-electron chi connectivity index (χ1n) is 17.7. The number of fused-ring (bicyclic) bond motifs is 1. The van der Waals surface area contributed by atoms with E-state index in [0.717, 1.165) is 11.1 Å². The molecule has 2 aromatic carbocycles. The van der Waals surface area contributed by atoms with Crippen LogP contribution in [0.3, 0.4) is 0 Å². The predicted octanol–water partition coefficient (Wildman–Crippen LogP) is 5.13. The molecule has 3 rings (SSSR count). The predicted molar refractivity (Wildman–Crippen MR) is 202 cm³/mol. The van der Waals surface area contributed by atoms with E-state index in [2.05, 4.69) is 15.4 Å². The molecule has 0 bridgehead atoms. The largest absolute Gasteiger partial charge is 0.488 e. The number of guanidine groups is 1. The first-order chi connectivity index (χ1) is 24.3. The van der Waals surface area contributed by atoms with Crippen LogP contribution in [0.25, 0.3) is 0 Å². The zero-order chi connectivity index (χ0) is 40.3. The zero-order valence-corrected chi connectivity index (χ0v) is 33.9. The van der Waals surface area contributed by atoms with E-state index >= 15 is 0 Å². The molecule has 15 heteroatoms. The maximum atomic E-state index is 13.9. The van der Waals surface area contributed by atoms with E-state index in [4.69, 9.17) is 19.6 Å². The molecule has 1 aliphatic heterocycles. The third-order valence-electron chi connectivity index (χ3n) is 8.62. The van der Waals surface area contributed by atoms with Crippen molar-refractivity contribution in [3.63, 3.8) is 0 Å². The van der Waals surface area contributed by atoms with Crippen LogP contribution in [-0.4, -0.2) is 84.8 Å². The lowest BCUT2D eigenvalue weighted by molar-refractivity contribution is -0.150. The van der Waals surface area contributed by atoms with Gasteiger partial charge in [0.1, 0.15) is 34.3 Å². The normalized spacial score (nSPS) is 15.0. The molecule has 0 unspecified atom stereocenters. The lowest BCUT2D eigenvalue weighted by Gasteiger charge is -2.32. The zero-order valence-electron chi connectivity index (χ0n) is 33.1. The van der Waals surface area contributed by atoms with Crippen LogP contribution in [0.5, 0.6) is 11.5 Å². The maximum absolute atomic E-state index is 13.9. The maximum Gasteiger partial charge on any atom is 0.417 e. The van der Waals surface area contributed by atoms with Gasteiger partial charge in [0.05, 0.1) is 10.9 Å². The van der Waals surface area contributed by atoms with Gasteiger partial charge in [0.2, 0.25) is 11.9 Å². The lowest BCUT2D eigenvalue weighted by Crippen LogP contribution is -2.56. The number of ether oxygens (including phenoxy) is 3. The number of sulfonamides is 1. The van der Waals surface area contributed by atoms with Gasteiger partial charge >= 0.3 is 12.1 Å². The Bertz CT molecular complexity index is 1810. The third kappa shape index (κ3) is 11.3. The fraction of sp³-hybridized carbons (Fsp3) is 0.579. The summed E-state index contributed by atoms with van der Waals surface area (Å²) in [6.07, 6.45) is -0.361. The number of benzene rings is 2. The summed E-state index contributed by atoms with van der Waals surface area (Å²) in [4.78, 5) is 40.8. The number of carbonyl (C=O) groups is 3. The quantitative estimate of drug-likeness (QED) is 0.103. The van der Waals surface area contributed by atoms with Gasteiger partial charge in [-0.3, -0.25) is 10.2 Å². The summed E-state index contributed by atoms with van der Waals surface area (Å²) < 4.78 is 46.9. The Morgan fingerprint density at radius 1 is 1.00 bits per heavy atom. The second kappa shape index (κ2) is 16.3. The Balaban J connectivity index is 1.73. The second-order valence-electron chi connectivity index (χ2n) is 16.0. The molecule has 0 saturated carbocycles. The first kappa shape index (κ1) is 43.0. The standard InChI is InChI=1S/C38H57N5O9S/c1-22-23(2)31(24(3)27-21-38(10,11)51-30(22)27)53(48,49)42-34(39)41-19-13-14-28(40-12)32(44)43(35(47)52-37(7,8)9)29(33(45)46)20-25-15-17-26(18-16-25)50-36(4,5)6/h15-18,28-29,40H,13-14,19-21H2,1-12H3,(H,45,46)(H3,39,41,42)/t28-,29-/m0/s1. The van der Waals surface area contributed by atoms with E-state index < -0.39 is 62.8 Å². The number of aliphatic carboxylic acids is 1. The van der Waals surface area contributed by atoms with Gasteiger partial charge in [-0.05, 0) is 130 Å². The molecular formula is C38H57N5O9S. The molecule has 0 fully saturated rings. The minimum Gasteiger partial charge on any atom is -0.488 e. The van der Waals surface area contributed by atoms with Crippen molar-refractivity contribution in [2.75, 3.05) is 13.6 Å². The minimum absolute atomic E-state index is 0.0911. The highest BCUT2D eigenvalue weighted by atomic mass is 32.2. The number of rotatable bonds is 13. The molecule has 2 amide bonds. The fourth-order valence-corrected chi connectivity index (χ4v) is 7.71. The van der Waals surface area contributed by atoms with Crippen LogP contribution >= 0.6 is 0 Å². The van der Waals surface area contributed by atoms with Gasteiger partial charge in [-0.25, -0.2) is 27.6 Å². The van der Waals surface area contributed by atoms with Crippen molar-refractivity contribution < 1.29 is 42.1 Å².